The highest BCUT2D eigenvalue weighted by molar-refractivity contribution is 5.85. The SMILES string of the molecule is CC.CCC.CCN(CC)Cc1ccccc1.Cl. The zero-order valence-electron chi connectivity index (χ0n) is 13.1. The molecule has 0 atom stereocenters. The molecule has 0 saturated carbocycles. The largest absolute Gasteiger partial charge is 0.300 e. The molecule has 0 spiro atoms. The number of halogens is 1. The molecule has 0 aliphatic rings. The minimum Gasteiger partial charge on any atom is -0.300 e. The van der Waals surface area contributed by atoms with E-state index in [4.69, 9.17) is 0 Å². The molecular formula is C16H32ClN. The summed E-state index contributed by atoms with van der Waals surface area (Å²) in [6.45, 7) is 16.0. The molecule has 1 nitrogen and oxygen atoms in total. The van der Waals surface area contributed by atoms with Crippen molar-refractivity contribution in [2.75, 3.05) is 13.1 Å². The maximum atomic E-state index is 2.41. The quantitative estimate of drug-likeness (QED) is 0.711. The van der Waals surface area contributed by atoms with E-state index < -0.39 is 0 Å². The van der Waals surface area contributed by atoms with E-state index in [1.165, 1.54) is 12.0 Å². The van der Waals surface area contributed by atoms with Crippen molar-refractivity contribution in [2.45, 2.75) is 54.5 Å². The first-order valence-electron chi connectivity index (χ1n) is 7.04. The van der Waals surface area contributed by atoms with Crippen LogP contribution in [0.25, 0.3) is 0 Å². The van der Waals surface area contributed by atoms with Crippen LogP contribution >= 0.6 is 12.4 Å². The lowest BCUT2D eigenvalue weighted by atomic mass is 10.2. The molecule has 0 heterocycles. The highest BCUT2D eigenvalue weighted by Crippen LogP contribution is 2.02. The molecule has 0 fully saturated rings. The fraction of sp³-hybridized carbons (Fsp3) is 0.625. The second kappa shape index (κ2) is 18.8. The highest BCUT2D eigenvalue weighted by Gasteiger charge is 1.98. The topological polar surface area (TPSA) is 3.24 Å². The second-order valence-electron chi connectivity index (χ2n) is 3.65. The van der Waals surface area contributed by atoms with Crippen LogP contribution in [0.3, 0.4) is 0 Å². The molecule has 18 heavy (non-hydrogen) atoms. The normalized spacial score (nSPS) is 8.39. The van der Waals surface area contributed by atoms with E-state index in [0.717, 1.165) is 19.6 Å². The summed E-state index contributed by atoms with van der Waals surface area (Å²) in [6, 6.07) is 10.6. The third-order valence-corrected chi connectivity index (χ3v) is 2.14. The van der Waals surface area contributed by atoms with Gasteiger partial charge in [-0.25, -0.2) is 0 Å². The van der Waals surface area contributed by atoms with Gasteiger partial charge in [-0.05, 0) is 18.7 Å². The standard InChI is InChI=1S/C11H17N.C3H8.C2H6.ClH/c1-3-12(4-2)10-11-8-6-5-7-9-11;1-3-2;1-2;/h5-9H,3-4,10H2,1-2H3;3H2,1-2H3;1-2H3;1H. The summed E-state index contributed by atoms with van der Waals surface area (Å²) < 4.78 is 0. The van der Waals surface area contributed by atoms with Gasteiger partial charge in [0.15, 0.2) is 0 Å². The lowest BCUT2D eigenvalue weighted by Gasteiger charge is -2.17. The van der Waals surface area contributed by atoms with Gasteiger partial charge in [0, 0.05) is 6.54 Å². The summed E-state index contributed by atoms with van der Waals surface area (Å²) in [7, 11) is 0. The van der Waals surface area contributed by atoms with Crippen molar-refractivity contribution in [2.24, 2.45) is 0 Å². The monoisotopic (exact) mass is 273 g/mol. The Bertz CT molecular complexity index is 220. The summed E-state index contributed by atoms with van der Waals surface area (Å²) >= 11 is 0. The third kappa shape index (κ3) is 13.5. The van der Waals surface area contributed by atoms with E-state index in [1.807, 2.05) is 13.8 Å². The Morgan fingerprint density at radius 2 is 1.22 bits per heavy atom. The predicted molar refractivity (Wildman–Crippen MR) is 87.6 cm³/mol. The molecular weight excluding hydrogens is 242 g/mol. The molecule has 0 bridgehead atoms. The number of rotatable bonds is 4. The Balaban J connectivity index is -0.000000329. The van der Waals surface area contributed by atoms with Gasteiger partial charge in [0.1, 0.15) is 0 Å². The van der Waals surface area contributed by atoms with Crippen LogP contribution in [-0.4, -0.2) is 18.0 Å². The van der Waals surface area contributed by atoms with Crippen LogP contribution in [0.5, 0.6) is 0 Å². The Labute approximate surface area is 121 Å². The Hall–Kier alpha value is -0.530. The van der Waals surface area contributed by atoms with Gasteiger partial charge in [0.05, 0.1) is 0 Å². The zero-order chi connectivity index (χ0) is 13.5. The molecule has 0 N–H and O–H groups in total. The smallest absolute Gasteiger partial charge is 0.0233 e. The number of hydrogen-bond donors (Lipinski definition) is 0. The van der Waals surface area contributed by atoms with E-state index >= 15 is 0 Å². The summed E-state index contributed by atoms with van der Waals surface area (Å²) in [4.78, 5) is 2.41. The predicted octanol–water partition coefficient (Wildman–Crippen LogP) is 5.39. The highest BCUT2D eigenvalue weighted by atomic mass is 35.5. The van der Waals surface area contributed by atoms with Crippen molar-refractivity contribution in [1.29, 1.82) is 0 Å². The van der Waals surface area contributed by atoms with Crippen molar-refractivity contribution in [1.82, 2.24) is 4.90 Å². The van der Waals surface area contributed by atoms with Crippen LogP contribution in [0.15, 0.2) is 30.3 Å². The molecule has 2 heteroatoms. The lowest BCUT2D eigenvalue weighted by Crippen LogP contribution is -2.21. The number of benzene rings is 1. The summed E-state index contributed by atoms with van der Waals surface area (Å²) in [5.74, 6) is 0. The van der Waals surface area contributed by atoms with Gasteiger partial charge in [-0.15, -0.1) is 12.4 Å². The molecule has 0 unspecified atom stereocenters. The van der Waals surface area contributed by atoms with Gasteiger partial charge in [0.2, 0.25) is 0 Å². The zero-order valence-corrected chi connectivity index (χ0v) is 13.9. The third-order valence-electron chi connectivity index (χ3n) is 2.14. The molecule has 1 rings (SSSR count). The number of nitrogens with zero attached hydrogens (tertiary/aromatic N) is 1. The van der Waals surface area contributed by atoms with Crippen LogP contribution in [-0.2, 0) is 6.54 Å². The molecule has 0 aromatic heterocycles. The van der Waals surface area contributed by atoms with E-state index in [-0.39, 0.29) is 12.4 Å². The minimum atomic E-state index is 0. The van der Waals surface area contributed by atoms with Gasteiger partial charge in [-0.2, -0.15) is 0 Å². The Kier molecular flexibility index (Phi) is 23.7. The fourth-order valence-electron chi connectivity index (χ4n) is 1.29. The summed E-state index contributed by atoms with van der Waals surface area (Å²) in [5.41, 5.74) is 1.40. The van der Waals surface area contributed by atoms with Crippen molar-refractivity contribution in [3.05, 3.63) is 35.9 Å². The van der Waals surface area contributed by atoms with E-state index in [0.29, 0.717) is 0 Å². The molecule has 0 saturated heterocycles. The van der Waals surface area contributed by atoms with Crippen LogP contribution in [0.2, 0.25) is 0 Å². The van der Waals surface area contributed by atoms with Crippen molar-refractivity contribution in [3.63, 3.8) is 0 Å². The molecule has 0 amide bonds. The van der Waals surface area contributed by atoms with Gasteiger partial charge in [-0.1, -0.05) is 78.3 Å². The first kappa shape index (κ1) is 22.6. The van der Waals surface area contributed by atoms with Crippen LogP contribution in [0.1, 0.15) is 53.5 Å². The average Bonchev–Trinajstić information content (AvgIpc) is 2.40. The fourth-order valence-corrected chi connectivity index (χ4v) is 1.29. The number of hydrogen-bond acceptors (Lipinski definition) is 1. The average molecular weight is 274 g/mol. The van der Waals surface area contributed by atoms with Crippen molar-refractivity contribution in [3.8, 4) is 0 Å². The van der Waals surface area contributed by atoms with Crippen molar-refractivity contribution >= 4 is 12.4 Å². The maximum Gasteiger partial charge on any atom is 0.0233 e. The maximum absolute atomic E-state index is 2.41. The first-order chi connectivity index (χ1) is 8.28. The Morgan fingerprint density at radius 3 is 1.56 bits per heavy atom. The van der Waals surface area contributed by atoms with E-state index in [2.05, 4.69) is 62.9 Å². The Morgan fingerprint density at radius 1 is 0.833 bits per heavy atom. The molecule has 108 valence electrons. The van der Waals surface area contributed by atoms with Gasteiger partial charge in [0.25, 0.3) is 0 Å². The van der Waals surface area contributed by atoms with E-state index in [9.17, 15) is 0 Å². The van der Waals surface area contributed by atoms with Crippen LogP contribution in [0.4, 0.5) is 0 Å². The van der Waals surface area contributed by atoms with Crippen molar-refractivity contribution < 1.29 is 0 Å². The first-order valence-corrected chi connectivity index (χ1v) is 7.04. The molecule has 1 aromatic rings. The van der Waals surface area contributed by atoms with Gasteiger partial charge >= 0.3 is 0 Å². The lowest BCUT2D eigenvalue weighted by molar-refractivity contribution is 0.296. The molecule has 0 aliphatic carbocycles. The van der Waals surface area contributed by atoms with Crippen LogP contribution in [0, 0.1) is 0 Å². The van der Waals surface area contributed by atoms with Gasteiger partial charge in [-0.3, -0.25) is 4.90 Å². The summed E-state index contributed by atoms with van der Waals surface area (Å²) in [6.07, 6.45) is 1.25. The minimum absolute atomic E-state index is 0. The van der Waals surface area contributed by atoms with Gasteiger partial charge < -0.3 is 0 Å². The van der Waals surface area contributed by atoms with E-state index in [1.54, 1.807) is 0 Å². The molecule has 0 aliphatic heterocycles. The second-order valence-corrected chi connectivity index (χ2v) is 3.65. The van der Waals surface area contributed by atoms with Crippen LogP contribution < -0.4 is 0 Å². The molecule has 0 radical (unpaired) electrons. The molecule has 1 aromatic carbocycles. The summed E-state index contributed by atoms with van der Waals surface area (Å²) in [5, 5.41) is 0.